The second-order valence-corrected chi connectivity index (χ2v) is 7.40. The van der Waals surface area contributed by atoms with E-state index >= 15 is 0 Å². The van der Waals surface area contributed by atoms with Crippen LogP contribution in [0.5, 0.6) is 5.75 Å². The van der Waals surface area contributed by atoms with Crippen LogP contribution in [0.25, 0.3) is 0 Å². The van der Waals surface area contributed by atoms with Crippen LogP contribution in [-0.4, -0.2) is 29.9 Å². The number of rotatable bonds is 4. The van der Waals surface area contributed by atoms with Gasteiger partial charge >= 0.3 is 0 Å². The van der Waals surface area contributed by atoms with Gasteiger partial charge in [-0.2, -0.15) is 0 Å². The molecule has 0 aromatic heterocycles. The van der Waals surface area contributed by atoms with Gasteiger partial charge in [0, 0.05) is 31.5 Å². The molecule has 0 aliphatic carbocycles. The Morgan fingerprint density at radius 3 is 2.78 bits per heavy atom. The number of carbonyl (C=O) groups is 2. The van der Waals surface area contributed by atoms with E-state index in [9.17, 15) is 9.59 Å². The lowest BCUT2D eigenvalue weighted by Crippen LogP contribution is -2.37. The number of ether oxygens (including phenoxy) is 1. The van der Waals surface area contributed by atoms with Gasteiger partial charge in [-0.15, -0.1) is 0 Å². The topological polar surface area (TPSA) is 58.6 Å². The average molecular weight is 364 g/mol. The molecule has 27 heavy (non-hydrogen) atoms. The Kier molecular flexibility index (Phi) is 4.84. The lowest BCUT2D eigenvalue weighted by atomic mass is 9.99. The van der Waals surface area contributed by atoms with E-state index in [4.69, 9.17) is 4.74 Å². The summed E-state index contributed by atoms with van der Waals surface area (Å²) < 4.78 is 5.66. The Morgan fingerprint density at radius 1 is 1.19 bits per heavy atom. The van der Waals surface area contributed by atoms with Crippen LogP contribution < -0.4 is 10.1 Å². The SMILES string of the molecule is Cc1ccc(CN2C[C@@H](C(=O)N[C@H]3CCOc4ccccc43)CC2=O)cc1. The maximum absolute atomic E-state index is 12.8. The summed E-state index contributed by atoms with van der Waals surface area (Å²) in [6.45, 7) is 3.66. The monoisotopic (exact) mass is 364 g/mol. The van der Waals surface area contributed by atoms with Crippen LogP contribution in [0.2, 0.25) is 0 Å². The first kappa shape index (κ1) is 17.6. The summed E-state index contributed by atoms with van der Waals surface area (Å²) in [5.74, 6) is 0.537. The molecule has 2 amide bonds. The molecular formula is C22H24N2O3. The third-order valence-corrected chi connectivity index (χ3v) is 5.35. The first-order chi connectivity index (χ1) is 13.1. The summed E-state index contributed by atoms with van der Waals surface area (Å²) >= 11 is 0. The van der Waals surface area contributed by atoms with Gasteiger partial charge in [-0.25, -0.2) is 0 Å². The summed E-state index contributed by atoms with van der Waals surface area (Å²) in [7, 11) is 0. The largest absolute Gasteiger partial charge is 0.493 e. The minimum absolute atomic E-state index is 0.0445. The molecule has 0 radical (unpaired) electrons. The Labute approximate surface area is 159 Å². The molecule has 0 bridgehead atoms. The number of nitrogens with zero attached hydrogens (tertiary/aromatic N) is 1. The molecule has 2 aromatic rings. The molecule has 0 spiro atoms. The van der Waals surface area contributed by atoms with Gasteiger partial charge in [0.05, 0.1) is 18.6 Å². The van der Waals surface area contributed by atoms with Crippen molar-refractivity contribution in [2.45, 2.75) is 32.4 Å². The highest BCUT2D eigenvalue weighted by atomic mass is 16.5. The summed E-state index contributed by atoms with van der Waals surface area (Å²) in [5.41, 5.74) is 3.30. The first-order valence-electron chi connectivity index (χ1n) is 9.45. The highest BCUT2D eigenvalue weighted by Crippen LogP contribution is 2.32. The predicted molar refractivity (Wildman–Crippen MR) is 102 cm³/mol. The van der Waals surface area contributed by atoms with E-state index in [2.05, 4.69) is 5.32 Å². The standard InChI is InChI=1S/C22H24N2O3/c1-15-6-8-16(9-7-15)13-24-14-17(12-21(24)25)22(26)23-19-10-11-27-20-5-3-2-4-18(19)20/h2-9,17,19H,10-14H2,1H3,(H,23,26)/t17-,19-/m0/s1. The molecule has 0 saturated carbocycles. The van der Waals surface area contributed by atoms with Gasteiger partial charge in [-0.05, 0) is 18.6 Å². The number of hydrogen-bond acceptors (Lipinski definition) is 3. The number of nitrogens with one attached hydrogen (secondary N) is 1. The molecule has 2 aromatic carbocycles. The van der Waals surface area contributed by atoms with Crippen LogP contribution in [0.4, 0.5) is 0 Å². The van der Waals surface area contributed by atoms with Crippen molar-refractivity contribution in [1.29, 1.82) is 0 Å². The van der Waals surface area contributed by atoms with Crippen molar-refractivity contribution >= 4 is 11.8 Å². The molecule has 5 nitrogen and oxygen atoms in total. The van der Waals surface area contributed by atoms with Crippen LogP contribution in [0.1, 0.15) is 35.6 Å². The molecule has 2 aliphatic heterocycles. The third kappa shape index (κ3) is 3.82. The van der Waals surface area contributed by atoms with Crippen LogP contribution in [-0.2, 0) is 16.1 Å². The van der Waals surface area contributed by atoms with Gasteiger partial charge in [0.15, 0.2) is 0 Å². The Hall–Kier alpha value is -2.82. The smallest absolute Gasteiger partial charge is 0.225 e. The van der Waals surface area contributed by atoms with Crippen molar-refractivity contribution in [3.8, 4) is 5.75 Å². The highest BCUT2D eigenvalue weighted by Gasteiger charge is 2.35. The van der Waals surface area contributed by atoms with Crippen LogP contribution in [0.3, 0.4) is 0 Å². The zero-order chi connectivity index (χ0) is 18.8. The number of amides is 2. The fourth-order valence-electron chi connectivity index (χ4n) is 3.80. The van der Waals surface area contributed by atoms with Gasteiger partial charge in [0.1, 0.15) is 5.75 Å². The number of fused-ring (bicyclic) bond motifs is 1. The summed E-state index contributed by atoms with van der Waals surface area (Å²) in [4.78, 5) is 26.9. The summed E-state index contributed by atoms with van der Waals surface area (Å²) in [6.07, 6.45) is 1.03. The molecule has 4 rings (SSSR count). The van der Waals surface area contributed by atoms with E-state index in [1.807, 2.05) is 55.5 Å². The average Bonchev–Trinajstić information content (AvgIpc) is 3.04. The fourth-order valence-corrected chi connectivity index (χ4v) is 3.80. The van der Waals surface area contributed by atoms with Crippen LogP contribution in [0, 0.1) is 12.8 Å². The molecule has 1 N–H and O–H groups in total. The van der Waals surface area contributed by atoms with E-state index < -0.39 is 0 Å². The molecule has 1 fully saturated rings. The van der Waals surface area contributed by atoms with E-state index in [1.54, 1.807) is 4.90 Å². The van der Waals surface area contributed by atoms with Gasteiger partial charge in [0.25, 0.3) is 0 Å². The van der Waals surface area contributed by atoms with Crippen molar-refractivity contribution < 1.29 is 14.3 Å². The van der Waals surface area contributed by atoms with Crippen LogP contribution >= 0.6 is 0 Å². The van der Waals surface area contributed by atoms with Gasteiger partial charge in [-0.3, -0.25) is 9.59 Å². The Morgan fingerprint density at radius 2 is 1.96 bits per heavy atom. The molecule has 0 unspecified atom stereocenters. The van der Waals surface area contributed by atoms with E-state index in [1.165, 1.54) is 5.56 Å². The molecule has 5 heteroatoms. The zero-order valence-corrected chi connectivity index (χ0v) is 15.5. The quantitative estimate of drug-likeness (QED) is 0.907. The molecular weight excluding hydrogens is 340 g/mol. The number of aryl methyl sites for hydroxylation is 1. The van der Waals surface area contributed by atoms with Crippen molar-refractivity contribution in [2.75, 3.05) is 13.2 Å². The van der Waals surface area contributed by atoms with Gasteiger partial charge in [-0.1, -0.05) is 48.0 Å². The second-order valence-electron chi connectivity index (χ2n) is 7.40. The summed E-state index contributed by atoms with van der Waals surface area (Å²) in [6, 6.07) is 15.9. The maximum atomic E-state index is 12.8. The lowest BCUT2D eigenvalue weighted by Gasteiger charge is -2.27. The highest BCUT2D eigenvalue weighted by molar-refractivity contribution is 5.89. The molecule has 140 valence electrons. The van der Waals surface area contributed by atoms with E-state index in [0.29, 0.717) is 19.7 Å². The number of para-hydroxylation sites is 1. The molecule has 2 heterocycles. The number of likely N-dealkylation sites (tertiary alicyclic amines) is 1. The van der Waals surface area contributed by atoms with E-state index in [-0.39, 0.29) is 30.2 Å². The van der Waals surface area contributed by atoms with Crippen LogP contribution in [0.15, 0.2) is 48.5 Å². The Balaban J connectivity index is 1.39. The van der Waals surface area contributed by atoms with Crippen molar-refractivity contribution in [1.82, 2.24) is 10.2 Å². The minimum atomic E-state index is -0.294. The summed E-state index contributed by atoms with van der Waals surface area (Å²) in [5, 5.41) is 3.13. The number of hydrogen-bond donors (Lipinski definition) is 1. The minimum Gasteiger partial charge on any atom is -0.493 e. The molecule has 1 saturated heterocycles. The normalized spacial score (nSPS) is 21.5. The third-order valence-electron chi connectivity index (χ3n) is 5.35. The molecule has 2 aliphatic rings. The van der Waals surface area contributed by atoms with Crippen molar-refractivity contribution in [2.24, 2.45) is 5.92 Å². The van der Waals surface area contributed by atoms with E-state index in [0.717, 1.165) is 23.3 Å². The maximum Gasteiger partial charge on any atom is 0.225 e. The number of carbonyl (C=O) groups excluding carboxylic acids is 2. The predicted octanol–water partition coefficient (Wildman–Crippen LogP) is 2.98. The van der Waals surface area contributed by atoms with Gasteiger partial charge < -0.3 is 15.0 Å². The Bertz CT molecular complexity index is 847. The lowest BCUT2D eigenvalue weighted by molar-refractivity contribution is -0.129. The van der Waals surface area contributed by atoms with Crippen molar-refractivity contribution in [3.05, 3.63) is 65.2 Å². The first-order valence-corrected chi connectivity index (χ1v) is 9.45. The zero-order valence-electron chi connectivity index (χ0n) is 15.5. The van der Waals surface area contributed by atoms with Gasteiger partial charge in [0.2, 0.25) is 11.8 Å². The number of benzene rings is 2. The fraction of sp³-hybridized carbons (Fsp3) is 0.364. The molecule has 2 atom stereocenters. The second kappa shape index (κ2) is 7.43. The van der Waals surface area contributed by atoms with Crippen molar-refractivity contribution in [3.63, 3.8) is 0 Å².